The standard InChI is InChI=1S/C12H19N3/c1-3-11-10(7-8(2)14-15-11)12(13)9-5-4-6-9/h7,9,12H,3-6,13H2,1-2H3. The predicted molar refractivity (Wildman–Crippen MR) is 60.4 cm³/mol. The van der Waals surface area contributed by atoms with E-state index < -0.39 is 0 Å². The van der Waals surface area contributed by atoms with E-state index in [4.69, 9.17) is 5.73 Å². The molecule has 1 aliphatic carbocycles. The minimum Gasteiger partial charge on any atom is -0.324 e. The van der Waals surface area contributed by atoms with Gasteiger partial charge in [0, 0.05) is 6.04 Å². The van der Waals surface area contributed by atoms with Crippen molar-refractivity contribution in [1.29, 1.82) is 0 Å². The summed E-state index contributed by atoms with van der Waals surface area (Å²) in [6.45, 7) is 4.08. The molecule has 3 nitrogen and oxygen atoms in total. The third kappa shape index (κ3) is 2.02. The van der Waals surface area contributed by atoms with E-state index in [9.17, 15) is 0 Å². The van der Waals surface area contributed by atoms with Crippen molar-refractivity contribution in [1.82, 2.24) is 10.2 Å². The topological polar surface area (TPSA) is 51.8 Å². The second kappa shape index (κ2) is 4.27. The second-order valence-electron chi connectivity index (χ2n) is 4.46. The van der Waals surface area contributed by atoms with E-state index in [-0.39, 0.29) is 6.04 Å². The van der Waals surface area contributed by atoms with Gasteiger partial charge in [-0.1, -0.05) is 13.3 Å². The number of hydrogen-bond acceptors (Lipinski definition) is 3. The highest BCUT2D eigenvalue weighted by Crippen LogP contribution is 2.36. The van der Waals surface area contributed by atoms with Gasteiger partial charge in [-0.15, -0.1) is 0 Å². The number of rotatable bonds is 3. The molecule has 0 aromatic carbocycles. The monoisotopic (exact) mass is 205 g/mol. The van der Waals surface area contributed by atoms with Crippen LogP contribution in [0.15, 0.2) is 6.07 Å². The highest BCUT2D eigenvalue weighted by molar-refractivity contribution is 5.25. The van der Waals surface area contributed by atoms with Crippen LogP contribution < -0.4 is 5.73 Å². The molecule has 1 fully saturated rings. The van der Waals surface area contributed by atoms with E-state index >= 15 is 0 Å². The average Bonchev–Trinajstić information content (AvgIpc) is 2.15. The molecular formula is C12H19N3. The summed E-state index contributed by atoms with van der Waals surface area (Å²) in [7, 11) is 0. The number of aryl methyl sites for hydroxylation is 2. The number of nitrogens with zero attached hydrogens (tertiary/aromatic N) is 2. The van der Waals surface area contributed by atoms with Gasteiger partial charge >= 0.3 is 0 Å². The van der Waals surface area contributed by atoms with E-state index in [1.54, 1.807) is 0 Å². The zero-order valence-corrected chi connectivity index (χ0v) is 9.53. The maximum absolute atomic E-state index is 6.28. The number of nitrogens with two attached hydrogens (primary N) is 1. The van der Waals surface area contributed by atoms with Gasteiger partial charge in [-0.05, 0) is 43.7 Å². The molecule has 15 heavy (non-hydrogen) atoms. The highest BCUT2D eigenvalue weighted by atomic mass is 15.1. The molecule has 0 spiro atoms. The highest BCUT2D eigenvalue weighted by Gasteiger charge is 2.27. The fourth-order valence-electron chi connectivity index (χ4n) is 2.15. The molecule has 1 saturated carbocycles. The van der Waals surface area contributed by atoms with Gasteiger partial charge in [0.1, 0.15) is 0 Å². The first-order valence-corrected chi connectivity index (χ1v) is 5.81. The molecular weight excluding hydrogens is 186 g/mol. The van der Waals surface area contributed by atoms with Crippen molar-refractivity contribution in [2.75, 3.05) is 0 Å². The Morgan fingerprint density at radius 3 is 2.73 bits per heavy atom. The van der Waals surface area contributed by atoms with Crippen molar-refractivity contribution in [3.8, 4) is 0 Å². The summed E-state index contributed by atoms with van der Waals surface area (Å²) in [5.41, 5.74) is 9.53. The van der Waals surface area contributed by atoms with Crippen LogP contribution in [0, 0.1) is 12.8 Å². The van der Waals surface area contributed by atoms with Crippen LogP contribution in [0.2, 0.25) is 0 Å². The summed E-state index contributed by atoms with van der Waals surface area (Å²) < 4.78 is 0. The van der Waals surface area contributed by atoms with Crippen LogP contribution >= 0.6 is 0 Å². The van der Waals surface area contributed by atoms with Crippen LogP contribution in [0.5, 0.6) is 0 Å². The molecule has 0 radical (unpaired) electrons. The normalized spacial score (nSPS) is 18.6. The summed E-state index contributed by atoms with van der Waals surface area (Å²) in [5.74, 6) is 0.666. The van der Waals surface area contributed by atoms with Gasteiger partial charge < -0.3 is 5.73 Å². The second-order valence-corrected chi connectivity index (χ2v) is 4.46. The SMILES string of the molecule is CCc1nnc(C)cc1C(N)C1CCC1. The summed E-state index contributed by atoms with van der Waals surface area (Å²) >= 11 is 0. The van der Waals surface area contributed by atoms with E-state index in [1.165, 1.54) is 24.8 Å². The molecule has 1 heterocycles. The molecule has 0 aliphatic heterocycles. The fourth-order valence-corrected chi connectivity index (χ4v) is 2.15. The van der Waals surface area contributed by atoms with Crippen LogP contribution in [0.3, 0.4) is 0 Å². The molecule has 2 rings (SSSR count). The van der Waals surface area contributed by atoms with Crippen molar-refractivity contribution in [2.24, 2.45) is 11.7 Å². The van der Waals surface area contributed by atoms with Gasteiger partial charge in [-0.3, -0.25) is 0 Å². The summed E-state index contributed by atoms with van der Waals surface area (Å²) in [5, 5.41) is 8.32. The average molecular weight is 205 g/mol. The molecule has 3 heteroatoms. The Bertz CT molecular complexity index is 345. The first-order valence-electron chi connectivity index (χ1n) is 5.81. The fraction of sp³-hybridized carbons (Fsp3) is 0.667. The van der Waals surface area contributed by atoms with Gasteiger partial charge in [0.05, 0.1) is 11.4 Å². The van der Waals surface area contributed by atoms with E-state index in [1.807, 2.05) is 6.92 Å². The third-order valence-electron chi connectivity index (χ3n) is 3.38. The zero-order chi connectivity index (χ0) is 10.8. The largest absolute Gasteiger partial charge is 0.324 e. The first kappa shape index (κ1) is 10.6. The molecule has 2 N–H and O–H groups in total. The van der Waals surface area contributed by atoms with Gasteiger partial charge in [-0.25, -0.2) is 0 Å². The van der Waals surface area contributed by atoms with Crippen molar-refractivity contribution < 1.29 is 0 Å². The van der Waals surface area contributed by atoms with Crippen molar-refractivity contribution in [2.45, 2.75) is 45.6 Å². The molecule has 0 amide bonds. The summed E-state index contributed by atoms with van der Waals surface area (Å²) in [6.07, 6.45) is 4.79. The van der Waals surface area contributed by atoms with Gasteiger partial charge in [0.25, 0.3) is 0 Å². The maximum atomic E-state index is 6.28. The lowest BCUT2D eigenvalue weighted by molar-refractivity contribution is 0.263. The Kier molecular flexibility index (Phi) is 3.00. The Labute approximate surface area is 91.1 Å². The predicted octanol–water partition coefficient (Wildman–Crippen LogP) is 2.15. The van der Waals surface area contributed by atoms with Crippen LogP contribution in [-0.2, 0) is 6.42 Å². The lowest BCUT2D eigenvalue weighted by Gasteiger charge is -2.32. The zero-order valence-electron chi connectivity index (χ0n) is 9.53. The lowest BCUT2D eigenvalue weighted by Crippen LogP contribution is -2.28. The Balaban J connectivity index is 2.27. The van der Waals surface area contributed by atoms with Gasteiger partial charge in [0.2, 0.25) is 0 Å². The van der Waals surface area contributed by atoms with Gasteiger partial charge in [-0.2, -0.15) is 10.2 Å². The summed E-state index contributed by atoms with van der Waals surface area (Å²) in [6, 6.07) is 2.28. The first-order chi connectivity index (χ1) is 7.22. The molecule has 1 aliphatic rings. The van der Waals surface area contributed by atoms with E-state index in [0.29, 0.717) is 5.92 Å². The number of aromatic nitrogens is 2. The minimum absolute atomic E-state index is 0.169. The Morgan fingerprint density at radius 2 is 2.20 bits per heavy atom. The molecule has 82 valence electrons. The smallest absolute Gasteiger partial charge is 0.0676 e. The maximum Gasteiger partial charge on any atom is 0.0676 e. The molecule has 0 saturated heterocycles. The van der Waals surface area contributed by atoms with Crippen LogP contribution in [0.4, 0.5) is 0 Å². The Hall–Kier alpha value is -0.960. The van der Waals surface area contributed by atoms with Crippen LogP contribution in [-0.4, -0.2) is 10.2 Å². The Morgan fingerprint density at radius 1 is 1.47 bits per heavy atom. The molecule has 1 aromatic rings. The molecule has 0 bridgehead atoms. The van der Waals surface area contributed by atoms with Crippen LogP contribution in [0.1, 0.15) is 49.2 Å². The summed E-state index contributed by atoms with van der Waals surface area (Å²) in [4.78, 5) is 0. The molecule has 1 unspecified atom stereocenters. The third-order valence-corrected chi connectivity index (χ3v) is 3.38. The number of hydrogen-bond donors (Lipinski definition) is 1. The van der Waals surface area contributed by atoms with Crippen molar-refractivity contribution >= 4 is 0 Å². The molecule has 1 atom stereocenters. The minimum atomic E-state index is 0.169. The lowest BCUT2D eigenvalue weighted by atomic mass is 9.77. The van der Waals surface area contributed by atoms with Crippen LogP contribution in [0.25, 0.3) is 0 Å². The van der Waals surface area contributed by atoms with Crippen molar-refractivity contribution in [3.63, 3.8) is 0 Å². The quantitative estimate of drug-likeness (QED) is 0.822. The van der Waals surface area contributed by atoms with Crippen molar-refractivity contribution in [3.05, 3.63) is 23.0 Å². The van der Waals surface area contributed by atoms with E-state index in [2.05, 4.69) is 23.2 Å². The van der Waals surface area contributed by atoms with Gasteiger partial charge in [0.15, 0.2) is 0 Å². The molecule has 1 aromatic heterocycles. The van der Waals surface area contributed by atoms with E-state index in [0.717, 1.165) is 17.8 Å².